The molecule has 21 heavy (non-hydrogen) atoms. The Morgan fingerprint density at radius 1 is 1.33 bits per heavy atom. The van der Waals surface area contributed by atoms with Gasteiger partial charge in [-0.15, -0.1) is 0 Å². The second-order valence-electron chi connectivity index (χ2n) is 5.15. The summed E-state index contributed by atoms with van der Waals surface area (Å²) in [5.74, 6) is -0.306. The number of urea groups is 1. The van der Waals surface area contributed by atoms with Gasteiger partial charge in [0.25, 0.3) is 0 Å². The van der Waals surface area contributed by atoms with E-state index in [1.165, 1.54) is 6.07 Å². The molecule has 0 spiro atoms. The lowest BCUT2D eigenvalue weighted by molar-refractivity contribution is 0.0209. The zero-order valence-corrected chi connectivity index (χ0v) is 12.3. The number of ether oxygens (including phenoxy) is 1. The third-order valence-electron chi connectivity index (χ3n) is 3.62. The maximum atomic E-state index is 13.4. The van der Waals surface area contributed by atoms with Gasteiger partial charge in [0, 0.05) is 37.8 Å². The van der Waals surface area contributed by atoms with Gasteiger partial charge in [-0.1, -0.05) is 18.2 Å². The first-order valence-corrected chi connectivity index (χ1v) is 7.23. The van der Waals surface area contributed by atoms with Crippen LogP contribution in [0.2, 0.25) is 0 Å². The topological polar surface area (TPSA) is 53.6 Å². The Morgan fingerprint density at radius 3 is 2.76 bits per heavy atom. The van der Waals surface area contributed by atoms with Crippen molar-refractivity contribution in [2.45, 2.75) is 19.5 Å². The Bertz CT molecular complexity index is 464. The molecule has 1 aromatic rings. The number of nitrogens with zero attached hydrogens (tertiary/aromatic N) is 1. The van der Waals surface area contributed by atoms with E-state index in [1.54, 1.807) is 18.2 Å². The van der Waals surface area contributed by atoms with Crippen molar-refractivity contribution in [3.05, 3.63) is 35.6 Å². The number of nitrogens with one attached hydrogen (secondary N) is 2. The predicted molar refractivity (Wildman–Crippen MR) is 78.5 cm³/mol. The fourth-order valence-corrected chi connectivity index (χ4v) is 2.27. The molecule has 1 aliphatic heterocycles. The van der Waals surface area contributed by atoms with E-state index in [0.29, 0.717) is 12.1 Å². The molecule has 1 saturated heterocycles. The molecule has 2 N–H and O–H groups in total. The minimum atomic E-state index is -0.306. The smallest absolute Gasteiger partial charge is 0.315 e. The Labute approximate surface area is 124 Å². The van der Waals surface area contributed by atoms with E-state index in [9.17, 15) is 9.18 Å². The molecule has 1 atom stereocenters. The van der Waals surface area contributed by atoms with Crippen LogP contribution < -0.4 is 10.6 Å². The predicted octanol–water partition coefficient (Wildman–Crippen LogP) is 1.35. The van der Waals surface area contributed by atoms with Crippen LogP contribution in [-0.2, 0) is 11.3 Å². The third kappa shape index (κ3) is 4.99. The molecule has 5 nitrogen and oxygen atoms in total. The highest BCUT2D eigenvalue weighted by Crippen LogP contribution is 2.05. The Hall–Kier alpha value is -1.66. The number of carbonyl (C=O) groups is 1. The molecule has 0 aromatic heterocycles. The molecule has 2 amide bonds. The number of morpholine rings is 1. The fraction of sp³-hybridized carbons (Fsp3) is 0.533. The highest BCUT2D eigenvalue weighted by molar-refractivity contribution is 5.73. The first-order chi connectivity index (χ1) is 10.2. The summed E-state index contributed by atoms with van der Waals surface area (Å²) < 4.78 is 18.7. The molecule has 116 valence electrons. The molecular weight excluding hydrogens is 273 g/mol. The van der Waals surface area contributed by atoms with Crippen molar-refractivity contribution in [3.8, 4) is 0 Å². The van der Waals surface area contributed by atoms with Crippen molar-refractivity contribution in [1.82, 2.24) is 15.5 Å². The lowest BCUT2D eigenvalue weighted by Gasteiger charge is -2.32. The minimum Gasteiger partial charge on any atom is -0.379 e. The van der Waals surface area contributed by atoms with E-state index < -0.39 is 0 Å². The number of hydrogen-bond donors (Lipinski definition) is 2. The SMILES string of the molecule is CC(CNC(=O)NCc1ccccc1F)N1CCOCC1. The molecule has 1 aromatic carbocycles. The van der Waals surface area contributed by atoms with Gasteiger partial charge < -0.3 is 15.4 Å². The van der Waals surface area contributed by atoms with Gasteiger partial charge in [-0.2, -0.15) is 0 Å². The zero-order valence-electron chi connectivity index (χ0n) is 12.3. The summed E-state index contributed by atoms with van der Waals surface area (Å²) in [7, 11) is 0. The monoisotopic (exact) mass is 295 g/mol. The molecule has 2 rings (SSSR count). The number of halogens is 1. The van der Waals surface area contributed by atoms with Crippen LogP contribution in [-0.4, -0.2) is 49.8 Å². The van der Waals surface area contributed by atoms with E-state index in [1.807, 2.05) is 0 Å². The molecule has 1 fully saturated rings. The molecule has 0 radical (unpaired) electrons. The molecular formula is C15H22FN3O2. The van der Waals surface area contributed by atoms with Gasteiger partial charge in [0.2, 0.25) is 0 Å². The van der Waals surface area contributed by atoms with Gasteiger partial charge in [-0.3, -0.25) is 4.90 Å². The van der Waals surface area contributed by atoms with Crippen LogP contribution in [0.5, 0.6) is 0 Å². The fourth-order valence-electron chi connectivity index (χ4n) is 2.27. The molecule has 0 aliphatic carbocycles. The van der Waals surface area contributed by atoms with Crippen LogP contribution in [0.15, 0.2) is 24.3 Å². The summed E-state index contributed by atoms with van der Waals surface area (Å²) >= 11 is 0. The maximum Gasteiger partial charge on any atom is 0.315 e. The van der Waals surface area contributed by atoms with Crippen LogP contribution in [0.3, 0.4) is 0 Å². The first kappa shape index (κ1) is 15.7. The van der Waals surface area contributed by atoms with Crippen molar-refractivity contribution in [2.75, 3.05) is 32.8 Å². The van der Waals surface area contributed by atoms with Gasteiger partial charge in [0.15, 0.2) is 0 Å². The van der Waals surface area contributed by atoms with E-state index in [4.69, 9.17) is 4.74 Å². The quantitative estimate of drug-likeness (QED) is 0.862. The van der Waals surface area contributed by atoms with Crippen molar-refractivity contribution >= 4 is 6.03 Å². The van der Waals surface area contributed by atoms with E-state index in [2.05, 4.69) is 22.5 Å². The molecule has 1 unspecified atom stereocenters. The summed E-state index contributed by atoms with van der Waals surface area (Å²) in [6.45, 7) is 6.07. The van der Waals surface area contributed by atoms with E-state index in [-0.39, 0.29) is 24.4 Å². The van der Waals surface area contributed by atoms with Crippen molar-refractivity contribution in [2.24, 2.45) is 0 Å². The van der Waals surface area contributed by atoms with E-state index in [0.717, 1.165) is 26.3 Å². The van der Waals surface area contributed by atoms with Gasteiger partial charge in [-0.05, 0) is 13.0 Å². The Kier molecular flexibility index (Phi) is 5.95. The van der Waals surface area contributed by atoms with Crippen molar-refractivity contribution < 1.29 is 13.9 Å². The van der Waals surface area contributed by atoms with Gasteiger partial charge in [-0.25, -0.2) is 9.18 Å². The summed E-state index contributed by atoms with van der Waals surface area (Å²) in [6, 6.07) is 6.40. The second kappa shape index (κ2) is 7.95. The number of hydrogen-bond acceptors (Lipinski definition) is 3. The molecule has 1 aliphatic rings. The van der Waals surface area contributed by atoms with E-state index >= 15 is 0 Å². The summed E-state index contributed by atoms with van der Waals surface area (Å²) in [5, 5.41) is 5.48. The van der Waals surface area contributed by atoms with Gasteiger partial charge in [0.05, 0.1) is 13.2 Å². The van der Waals surface area contributed by atoms with Gasteiger partial charge >= 0.3 is 6.03 Å². The highest BCUT2D eigenvalue weighted by atomic mass is 19.1. The first-order valence-electron chi connectivity index (χ1n) is 7.23. The summed E-state index contributed by atoms with van der Waals surface area (Å²) in [5.41, 5.74) is 0.480. The van der Waals surface area contributed by atoms with Crippen LogP contribution in [0, 0.1) is 5.82 Å². The summed E-state index contributed by atoms with van der Waals surface area (Å²) in [4.78, 5) is 14.0. The zero-order chi connectivity index (χ0) is 15.1. The van der Waals surface area contributed by atoms with Crippen LogP contribution in [0.4, 0.5) is 9.18 Å². The van der Waals surface area contributed by atoms with Crippen LogP contribution in [0.1, 0.15) is 12.5 Å². The average molecular weight is 295 g/mol. The molecule has 0 bridgehead atoms. The Morgan fingerprint density at radius 2 is 2.05 bits per heavy atom. The number of rotatable bonds is 5. The summed E-state index contributed by atoms with van der Waals surface area (Å²) in [6.07, 6.45) is 0. The largest absolute Gasteiger partial charge is 0.379 e. The van der Waals surface area contributed by atoms with Crippen LogP contribution >= 0.6 is 0 Å². The number of amides is 2. The Balaban J connectivity index is 1.68. The number of benzene rings is 1. The number of carbonyl (C=O) groups excluding carboxylic acids is 1. The average Bonchev–Trinajstić information content (AvgIpc) is 2.52. The van der Waals surface area contributed by atoms with Gasteiger partial charge in [0.1, 0.15) is 5.82 Å². The standard InChI is InChI=1S/C15H22FN3O2/c1-12(19-6-8-21-9-7-19)10-17-15(20)18-11-13-4-2-3-5-14(13)16/h2-5,12H,6-11H2,1H3,(H2,17,18,20). The van der Waals surface area contributed by atoms with Crippen molar-refractivity contribution in [3.63, 3.8) is 0 Å². The molecule has 1 heterocycles. The molecule has 6 heteroatoms. The second-order valence-corrected chi connectivity index (χ2v) is 5.15. The minimum absolute atomic E-state index is 0.185. The lowest BCUT2D eigenvalue weighted by atomic mass is 10.2. The maximum absolute atomic E-state index is 13.4. The third-order valence-corrected chi connectivity index (χ3v) is 3.62. The lowest BCUT2D eigenvalue weighted by Crippen LogP contribution is -2.48. The normalized spacial score (nSPS) is 17.2. The van der Waals surface area contributed by atoms with Crippen molar-refractivity contribution in [1.29, 1.82) is 0 Å². The molecule has 0 saturated carbocycles. The highest BCUT2D eigenvalue weighted by Gasteiger charge is 2.17. The van der Waals surface area contributed by atoms with Crippen LogP contribution in [0.25, 0.3) is 0 Å².